The molecule has 0 amide bonds. The molecule has 0 bridgehead atoms. The molecule has 3 N–H and O–H groups in total. The van der Waals surface area contributed by atoms with Gasteiger partial charge in [0.05, 0.1) is 6.42 Å². The number of nitrogens with two attached hydrogens (primary N) is 1. The van der Waals surface area contributed by atoms with Gasteiger partial charge in [-0.25, -0.2) is 0 Å². The van der Waals surface area contributed by atoms with Crippen LogP contribution in [0.5, 0.6) is 0 Å². The summed E-state index contributed by atoms with van der Waals surface area (Å²) in [5, 5.41) is 7.83. The molecular formula is C10H16ClNO2. The van der Waals surface area contributed by atoms with Crippen LogP contribution in [0, 0.1) is 0 Å². The summed E-state index contributed by atoms with van der Waals surface area (Å²) in [6, 6.07) is 12.0. The van der Waals surface area contributed by atoms with Gasteiger partial charge in [-0.15, -0.1) is 11.6 Å². The molecule has 0 saturated carbocycles. The molecule has 0 unspecified atom stereocenters. The lowest BCUT2D eigenvalue weighted by molar-refractivity contribution is -0.136. The third-order valence-corrected chi connectivity index (χ3v) is 1.02. The second-order valence-corrected chi connectivity index (χ2v) is 2.09. The summed E-state index contributed by atoms with van der Waals surface area (Å²) in [5.74, 6) is -0.836. The van der Waals surface area contributed by atoms with E-state index in [-0.39, 0.29) is 13.0 Å². The maximum Gasteiger partial charge on any atom is 0.304 e. The molecule has 0 spiro atoms. The highest BCUT2D eigenvalue weighted by Crippen LogP contribution is 1.79. The van der Waals surface area contributed by atoms with Crippen molar-refractivity contribution in [3.8, 4) is 0 Å². The third kappa shape index (κ3) is 17.1. The van der Waals surface area contributed by atoms with Crippen LogP contribution in [0.1, 0.15) is 6.42 Å². The van der Waals surface area contributed by atoms with Crippen molar-refractivity contribution < 1.29 is 9.90 Å². The Bertz CT molecular complexity index is 178. The minimum absolute atomic E-state index is 0.0694. The monoisotopic (exact) mass is 217 g/mol. The number of hydrogen-bond acceptors (Lipinski definition) is 2. The fraction of sp³-hybridized carbons (Fsp3) is 0.300. The van der Waals surface area contributed by atoms with E-state index in [1.165, 1.54) is 6.38 Å². The molecule has 0 aromatic heterocycles. The number of carboxylic acid groups (broad SMARTS) is 1. The molecule has 1 aromatic carbocycles. The van der Waals surface area contributed by atoms with E-state index in [1.807, 2.05) is 36.4 Å². The van der Waals surface area contributed by atoms with Crippen LogP contribution in [0.15, 0.2) is 36.4 Å². The SMILES string of the molecule is CCl.NCCC(=O)O.c1ccccc1. The van der Waals surface area contributed by atoms with Gasteiger partial charge >= 0.3 is 5.97 Å². The van der Waals surface area contributed by atoms with E-state index in [9.17, 15) is 4.79 Å². The third-order valence-electron chi connectivity index (χ3n) is 1.02. The average molecular weight is 218 g/mol. The van der Waals surface area contributed by atoms with Gasteiger partial charge in [0.25, 0.3) is 0 Å². The highest BCUT2D eigenvalue weighted by Gasteiger charge is 1.87. The highest BCUT2D eigenvalue weighted by atomic mass is 35.5. The molecule has 0 saturated heterocycles. The Morgan fingerprint density at radius 3 is 1.50 bits per heavy atom. The molecule has 3 nitrogen and oxygen atoms in total. The van der Waals surface area contributed by atoms with E-state index < -0.39 is 5.97 Å². The molecule has 0 aliphatic heterocycles. The van der Waals surface area contributed by atoms with Gasteiger partial charge in [0.15, 0.2) is 0 Å². The molecule has 1 rings (SSSR count). The van der Waals surface area contributed by atoms with Crippen LogP contribution in [-0.4, -0.2) is 24.0 Å². The smallest absolute Gasteiger partial charge is 0.304 e. The summed E-state index contributed by atoms with van der Waals surface area (Å²) in [4.78, 5) is 9.52. The summed E-state index contributed by atoms with van der Waals surface area (Å²) in [5.41, 5.74) is 4.85. The van der Waals surface area contributed by atoms with Gasteiger partial charge in [0.2, 0.25) is 0 Å². The van der Waals surface area contributed by atoms with E-state index >= 15 is 0 Å². The maximum absolute atomic E-state index is 9.52. The maximum atomic E-state index is 9.52. The Labute approximate surface area is 89.5 Å². The lowest BCUT2D eigenvalue weighted by atomic mass is 10.4. The fourth-order valence-electron chi connectivity index (χ4n) is 0.508. The van der Waals surface area contributed by atoms with Crippen molar-refractivity contribution in [2.75, 3.05) is 12.9 Å². The number of hydrogen-bond donors (Lipinski definition) is 2. The predicted octanol–water partition coefficient (Wildman–Crippen LogP) is 1.96. The number of rotatable bonds is 2. The van der Waals surface area contributed by atoms with E-state index in [1.54, 1.807) is 0 Å². The Hall–Kier alpha value is -1.06. The second kappa shape index (κ2) is 14.5. The normalized spacial score (nSPS) is 7.36. The number of carboxylic acids is 1. The topological polar surface area (TPSA) is 63.3 Å². The molecule has 4 heteroatoms. The molecule has 0 fully saturated rings. The van der Waals surface area contributed by atoms with Gasteiger partial charge in [-0.3, -0.25) is 4.79 Å². The summed E-state index contributed by atoms with van der Waals surface area (Å²) in [6.45, 7) is 0.231. The van der Waals surface area contributed by atoms with Gasteiger partial charge in [-0.2, -0.15) is 0 Å². The standard InChI is InChI=1S/C6H6.C3H7NO2.CH3Cl/c1-2-4-6-5-3-1;4-2-1-3(5)6;1-2/h1-6H;1-2,4H2,(H,5,6);1H3. The molecule has 0 atom stereocenters. The molecule has 80 valence electrons. The van der Waals surface area contributed by atoms with Crippen LogP contribution in [0.3, 0.4) is 0 Å². The molecular weight excluding hydrogens is 202 g/mol. The van der Waals surface area contributed by atoms with Crippen molar-refractivity contribution in [2.24, 2.45) is 5.73 Å². The van der Waals surface area contributed by atoms with Crippen molar-refractivity contribution in [1.29, 1.82) is 0 Å². The minimum atomic E-state index is -0.836. The van der Waals surface area contributed by atoms with Crippen molar-refractivity contribution in [1.82, 2.24) is 0 Å². The van der Waals surface area contributed by atoms with E-state index in [4.69, 9.17) is 10.8 Å². The largest absolute Gasteiger partial charge is 0.481 e. The van der Waals surface area contributed by atoms with Crippen LogP contribution in [0.2, 0.25) is 0 Å². The van der Waals surface area contributed by atoms with Crippen LogP contribution < -0.4 is 5.73 Å². The zero-order valence-corrected chi connectivity index (χ0v) is 8.95. The predicted molar refractivity (Wildman–Crippen MR) is 59.5 cm³/mol. The summed E-state index contributed by atoms with van der Waals surface area (Å²) in [7, 11) is 0. The first kappa shape index (κ1) is 15.4. The second-order valence-electron chi connectivity index (χ2n) is 2.09. The molecule has 0 radical (unpaired) electrons. The van der Waals surface area contributed by atoms with Crippen molar-refractivity contribution >= 4 is 17.6 Å². The lowest BCUT2D eigenvalue weighted by Gasteiger charge is -1.80. The van der Waals surface area contributed by atoms with Crippen molar-refractivity contribution in [3.63, 3.8) is 0 Å². The van der Waals surface area contributed by atoms with E-state index in [0.717, 1.165) is 0 Å². The zero-order chi connectivity index (χ0) is 11.2. The molecule has 0 aliphatic rings. The van der Waals surface area contributed by atoms with Gasteiger partial charge in [-0.05, 0) is 0 Å². The Kier molecular flexibility index (Phi) is 15.9. The minimum Gasteiger partial charge on any atom is -0.481 e. The van der Waals surface area contributed by atoms with E-state index in [0.29, 0.717) is 0 Å². The zero-order valence-electron chi connectivity index (χ0n) is 8.19. The Morgan fingerprint density at radius 2 is 1.43 bits per heavy atom. The average Bonchev–Trinajstić information content (AvgIpc) is 2.24. The van der Waals surface area contributed by atoms with Crippen molar-refractivity contribution in [3.05, 3.63) is 36.4 Å². The van der Waals surface area contributed by atoms with Crippen molar-refractivity contribution in [2.45, 2.75) is 6.42 Å². The number of aliphatic carboxylic acids is 1. The number of halogens is 1. The molecule has 14 heavy (non-hydrogen) atoms. The Morgan fingerprint density at radius 1 is 1.14 bits per heavy atom. The molecule has 1 aromatic rings. The van der Waals surface area contributed by atoms with Gasteiger partial charge < -0.3 is 10.8 Å². The number of carbonyl (C=O) groups is 1. The quantitative estimate of drug-likeness (QED) is 0.745. The molecule has 0 aliphatic carbocycles. The van der Waals surface area contributed by atoms with Gasteiger partial charge in [0, 0.05) is 12.9 Å². The van der Waals surface area contributed by atoms with E-state index in [2.05, 4.69) is 11.6 Å². The first-order valence-corrected chi connectivity index (χ1v) is 4.82. The fourth-order valence-corrected chi connectivity index (χ4v) is 0.508. The van der Waals surface area contributed by atoms with Crippen LogP contribution in [0.25, 0.3) is 0 Å². The first-order valence-electron chi connectivity index (χ1n) is 4.07. The van der Waals surface area contributed by atoms with Crippen LogP contribution in [0.4, 0.5) is 0 Å². The summed E-state index contributed by atoms with van der Waals surface area (Å²) >= 11 is 4.64. The number of alkyl halides is 1. The van der Waals surface area contributed by atoms with Crippen LogP contribution >= 0.6 is 11.6 Å². The number of benzene rings is 1. The lowest BCUT2D eigenvalue weighted by Crippen LogP contribution is -2.05. The summed E-state index contributed by atoms with van der Waals surface area (Å²) < 4.78 is 0. The van der Waals surface area contributed by atoms with Crippen LogP contribution in [-0.2, 0) is 4.79 Å². The first-order chi connectivity index (χ1) is 6.77. The summed E-state index contributed by atoms with van der Waals surface area (Å²) in [6.07, 6.45) is 1.54. The van der Waals surface area contributed by atoms with Gasteiger partial charge in [0.1, 0.15) is 0 Å². The van der Waals surface area contributed by atoms with Gasteiger partial charge in [-0.1, -0.05) is 36.4 Å². The Balaban J connectivity index is 0. The highest BCUT2D eigenvalue weighted by molar-refractivity contribution is 6.15. The molecule has 0 heterocycles.